The molecule has 0 spiro atoms. The Morgan fingerprint density at radius 1 is 0.500 bits per heavy atom. The number of furan rings is 2. The summed E-state index contributed by atoms with van der Waals surface area (Å²) in [7, 11) is 0. The highest BCUT2D eigenvalue weighted by Gasteiger charge is 2.24. The van der Waals surface area contributed by atoms with Gasteiger partial charge in [-0.3, -0.25) is 4.98 Å². The second-order valence-corrected chi connectivity index (χ2v) is 12.1. The predicted molar refractivity (Wildman–Crippen MR) is 194 cm³/mol. The molecule has 0 saturated carbocycles. The van der Waals surface area contributed by atoms with E-state index < -0.39 is 6.17 Å². The zero-order valence-corrected chi connectivity index (χ0v) is 25.6. The fraction of sp³-hybridized carbons (Fsp3) is 0.0238. The maximum absolute atomic E-state index is 6.37. The van der Waals surface area contributed by atoms with Crippen LogP contribution >= 0.6 is 0 Å². The predicted octanol–water partition coefficient (Wildman–Crippen LogP) is 10.2. The van der Waals surface area contributed by atoms with Gasteiger partial charge >= 0.3 is 0 Å². The molecule has 0 radical (unpaired) electrons. The van der Waals surface area contributed by atoms with E-state index in [1.54, 1.807) is 0 Å². The monoisotopic (exact) mass is 618 g/mol. The third-order valence-electron chi connectivity index (χ3n) is 9.20. The number of fused-ring (bicyclic) bond motifs is 7. The number of hydrogen-bond donors (Lipinski definition) is 1. The average molecular weight is 619 g/mol. The molecule has 6 heteroatoms. The molecular formula is C42H26N4O2. The van der Waals surface area contributed by atoms with Gasteiger partial charge in [-0.2, -0.15) is 0 Å². The SMILES string of the molecule is c1ccc(C2=NC(c3cccc4oc5ccccc5c34)N=C(c3cccc(-c4cccc5oc6cc7cnccc7cc6c45)c3)N2)cc1. The summed E-state index contributed by atoms with van der Waals surface area (Å²) in [5.74, 6) is 1.52. The van der Waals surface area contributed by atoms with Crippen molar-refractivity contribution in [1.29, 1.82) is 0 Å². The summed E-state index contributed by atoms with van der Waals surface area (Å²) in [5.41, 5.74) is 8.50. The maximum atomic E-state index is 6.37. The van der Waals surface area contributed by atoms with E-state index >= 15 is 0 Å². The Morgan fingerprint density at radius 3 is 2.12 bits per heavy atom. The van der Waals surface area contributed by atoms with E-state index in [0.29, 0.717) is 0 Å². The fourth-order valence-electron chi connectivity index (χ4n) is 6.98. The fourth-order valence-corrected chi connectivity index (χ4v) is 6.98. The van der Waals surface area contributed by atoms with Crippen LogP contribution in [0.1, 0.15) is 22.9 Å². The van der Waals surface area contributed by atoms with E-state index in [9.17, 15) is 0 Å². The van der Waals surface area contributed by atoms with Crippen molar-refractivity contribution >= 4 is 66.3 Å². The highest BCUT2D eigenvalue weighted by molar-refractivity contribution is 6.18. The number of nitrogens with one attached hydrogen (secondary N) is 1. The molecule has 0 aliphatic carbocycles. The van der Waals surface area contributed by atoms with Gasteiger partial charge in [0, 0.05) is 56.0 Å². The van der Waals surface area contributed by atoms with E-state index in [-0.39, 0.29) is 0 Å². The quantitative estimate of drug-likeness (QED) is 0.213. The first-order chi connectivity index (χ1) is 23.8. The second kappa shape index (κ2) is 10.5. The second-order valence-electron chi connectivity index (χ2n) is 12.1. The Hall–Kier alpha value is -6.53. The molecule has 9 aromatic rings. The van der Waals surface area contributed by atoms with E-state index in [1.165, 1.54) is 0 Å². The molecule has 10 rings (SSSR count). The number of para-hydroxylation sites is 1. The molecule has 226 valence electrons. The van der Waals surface area contributed by atoms with Crippen molar-refractivity contribution in [3.05, 3.63) is 163 Å². The van der Waals surface area contributed by atoms with Gasteiger partial charge < -0.3 is 14.2 Å². The summed E-state index contributed by atoms with van der Waals surface area (Å²) >= 11 is 0. The summed E-state index contributed by atoms with van der Waals surface area (Å²) in [6.45, 7) is 0. The van der Waals surface area contributed by atoms with Crippen LogP contribution in [-0.2, 0) is 0 Å². The normalized spacial score (nSPS) is 14.9. The van der Waals surface area contributed by atoms with Crippen LogP contribution in [0.15, 0.2) is 165 Å². The summed E-state index contributed by atoms with van der Waals surface area (Å²) in [4.78, 5) is 14.7. The van der Waals surface area contributed by atoms with Gasteiger partial charge in [-0.1, -0.05) is 91.0 Å². The number of pyridine rings is 1. The van der Waals surface area contributed by atoms with Gasteiger partial charge in [0.15, 0.2) is 6.17 Å². The first kappa shape index (κ1) is 26.7. The average Bonchev–Trinajstić information content (AvgIpc) is 3.72. The molecule has 0 saturated heterocycles. The van der Waals surface area contributed by atoms with Crippen LogP contribution < -0.4 is 5.32 Å². The van der Waals surface area contributed by atoms with E-state index in [0.717, 1.165) is 94.1 Å². The highest BCUT2D eigenvalue weighted by Crippen LogP contribution is 2.40. The molecule has 1 atom stereocenters. The van der Waals surface area contributed by atoms with Crippen LogP contribution in [0.25, 0.3) is 65.8 Å². The Balaban J connectivity index is 1.14. The molecule has 4 heterocycles. The third-order valence-corrected chi connectivity index (χ3v) is 9.20. The number of hydrogen-bond acceptors (Lipinski definition) is 6. The van der Waals surface area contributed by atoms with Crippen molar-refractivity contribution in [3.63, 3.8) is 0 Å². The number of rotatable bonds is 4. The van der Waals surface area contributed by atoms with Crippen molar-refractivity contribution in [2.45, 2.75) is 6.17 Å². The van der Waals surface area contributed by atoms with Crippen molar-refractivity contribution < 1.29 is 8.83 Å². The van der Waals surface area contributed by atoms with Crippen LogP contribution in [-0.4, -0.2) is 16.7 Å². The van der Waals surface area contributed by atoms with Crippen LogP contribution in [0.4, 0.5) is 0 Å². The van der Waals surface area contributed by atoms with Crippen LogP contribution in [0.2, 0.25) is 0 Å². The molecule has 1 N–H and O–H groups in total. The van der Waals surface area contributed by atoms with Gasteiger partial charge in [0.1, 0.15) is 34.0 Å². The molecule has 6 aromatic carbocycles. The largest absolute Gasteiger partial charge is 0.456 e. The summed E-state index contributed by atoms with van der Waals surface area (Å²) in [6, 6.07) is 45.6. The van der Waals surface area contributed by atoms with Crippen molar-refractivity contribution in [3.8, 4) is 11.1 Å². The van der Waals surface area contributed by atoms with Gasteiger partial charge in [0.25, 0.3) is 0 Å². The van der Waals surface area contributed by atoms with Crippen LogP contribution in [0, 0.1) is 0 Å². The molecule has 48 heavy (non-hydrogen) atoms. The lowest BCUT2D eigenvalue weighted by Crippen LogP contribution is -2.36. The third kappa shape index (κ3) is 4.23. The smallest absolute Gasteiger partial charge is 0.170 e. The number of aromatic nitrogens is 1. The van der Waals surface area contributed by atoms with Gasteiger partial charge in [0.05, 0.1) is 0 Å². The van der Waals surface area contributed by atoms with Gasteiger partial charge in [0.2, 0.25) is 0 Å². The highest BCUT2D eigenvalue weighted by atomic mass is 16.3. The minimum absolute atomic E-state index is 0.478. The standard InChI is InChI=1S/C42H26N4O2/c1-2-9-25(10-3-1)40-44-41(46-42(45-40)32-15-8-18-36-39(32)31-13-4-5-16-34(31)47-36)28-12-6-11-27(21-28)30-14-7-17-35-38(30)33-22-26-19-20-43-24-29(26)23-37(33)48-35/h1-24,42H,(H,44,45,46). The van der Waals surface area contributed by atoms with E-state index in [4.69, 9.17) is 18.8 Å². The molecule has 3 aromatic heterocycles. The molecule has 6 nitrogen and oxygen atoms in total. The molecule has 0 bridgehead atoms. The lowest BCUT2D eigenvalue weighted by atomic mass is 9.97. The van der Waals surface area contributed by atoms with Crippen LogP contribution in [0.3, 0.4) is 0 Å². The Kier molecular flexibility index (Phi) is 5.84. The summed E-state index contributed by atoms with van der Waals surface area (Å²) in [5, 5.41) is 10.0. The van der Waals surface area contributed by atoms with Gasteiger partial charge in [-0.15, -0.1) is 0 Å². The zero-order chi connectivity index (χ0) is 31.6. The molecule has 1 unspecified atom stereocenters. The lowest BCUT2D eigenvalue weighted by molar-refractivity contribution is 0.667. The maximum Gasteiger partial charge on any atom is 0.170 e. The van der Waals surface area contributed by atoms with Crippen molar-refractivity contribution in [2.75, 3.05) is 0 Å². The minimum Gasteiger partial charge on any atom is -0.456 e. The lowest BCUT2D eigenvalue weighted by Gasteiger charge is -2.23. The summed E-state index contributed by atoms with van der Waals surface area (Å²) < 4.78 is 12.6. The summed E-state index contributed by atoms with van der Waals surface area (Å²) in [6.07, 6.45) is 3.22. The Morgan fingerprint density at radius 2 is 1.21 bits per heavy atom. The van der Waals surface area contributed by atoms with Crippen molar-refractivity contribution in [1.82, 2.24) is 10.3 Å². The number of benzene rings is 6. The first-order valence-corrected chi connectivity index (χ1v) is 15.9. The number of amidine groups is 2. The van der Waals surface area contributed by atoms with Crippen molar-refractivity contribution in [2.24, 2.45) is 9.98 Å². The molecule has 0 amide bonds. The van der Waals surface area contributed by atoms with E-state index in [2.05, 4.69) is 83.1 Å². The minimum atomic E-state index is -0.478. The molecule has 0 fully saturated rings. The van der Waals surface area contributed by atoms with Crippen LogP contribution in [0.5, 0.6) is 0 Å². The van der Waals surface area contributed by atoms with Gasteiger partial charge in [-0.25, -0.2) is 9.98 Å². The molecule has 1 aliphatic heterocycles. The number of nitrogens with zero attached hydrogens (tertiary/aromatic N) is 3. The zero-order valence-electron chi connectivity index (χ0n) is 25.6. The Labute approximate surface area is 274 Å². The van der Waals surface area contributed by atoms with Gasteiger partial charge in [-0.05, 0) is 59.0 Å². The van der Waals surface area contributed by atoms with E-state index in [1.807, 2.05) is 73.1 Å². The Bertz CT molecular complexity index is 2770. The molecule has 1 aliphatic rings. The number of aliphatic imine (C=N–C) groups is 2. The first-order valence-electron chi connectivity index (χ1n) is 15.9. The topological polar surface area (TPSA) is 75.9 Å². The molecular weight excluding hydrogens is 592 g/mol.